The molecule has 18 heavy (non-hydrogen) atoms. The maximum atomic E-state index is 12.3. The van der Waals surface area contributed by atoms with Crippen LogP contribution in [0.3, 0.4) is 0 Å². The van der Waals surface area contributed by atoms with E-state index in [2.05, 4.69) is 37.1 Å². The Bertz CT molecular complexity index is 480. The molecule has 2 heteroatoms. The zero-order valence-electron chi connectivity index (χ0n) is 11.3. The fourth-order valence-corrected chi connectivity index (χ4v) is 3.50. The second kappa shape index (κ2) is 4.51. The molecule has 0 radical (unpaired) electrons. The molecule has 0 amide bonds. The molecule has 1 saturated heterocycles. The molecule has 0 bridgehead atoms. The van der Waals surface area contributed by atoms with Gasteiger partial charge in [-0.15, -0.1) is 0 Å². The predicted molar refractivity (Wildman–Crippen MR) is 73.1 cm³/mol. The van der Waals surface area contributed by atoms with Gasteiger partial charge in [0.1, 0.15) is 0 Å². The molecule has 2 nitrogen and oxygen atoms in total. The van der Waals surface area contributed by atoms with Gasteiger partial charge >= 0.3 is 0 Å². The van der Waals surface area contributed by atoms with Crippen LogP contribution in [0, 0.1) is 5.92 Å². The number of piperidine rings is 1. The summed E-state index contributed by atoms with van der Waals surface area (Å²) in [6.07, 6.45) is 2.94. The largest absolute Gasteiger partial charge is 0.306 e. The third-order valence-corrected chi connectivity index (χ3v) is 4.63. The van der Waals surface area contributed by atoms with E-state index in [1.165, 1.54) is 17.5 Å². The van der Waals surface area contributed by atoms with Crippen molar-refractivity contribution in [1.29, 1.82) is 0 Å². The number of carbonyl (C=O) groups excluding carboxylic acids is 1. The molecule has 0 saturated carbocycles. The number of carbonyl (C=O) groups is 1. The highest BCUT2D eigenvalue weighted by atomic mass is 16.1. The number of hydrogen-bond donors (Lipinski definition) is 0. The number of nitrogens with zero attached hydrogens (tertiary/aromatic N) is 1. The van der Waals surface area contributed by atoms with Gasteiger partial charge in [0.15, 0.2) is 5.78 Å². The Morgan fingerprint density at radius 3 is 3.00 bits per heavy atom. The molecule has 0 aromatic heterocycles. The Morgan fingerprint density at radius 1 is 1.39 bits per heavy atom. The van der Waals surface area contributed by atoms with Crippen LogP contribution in [-0.2, 0) is 6.42 Å². The number of Topliss-reactive ketones (excluding diaryl/α,β-unsaturated/α-hetero) is 1. The predicted octanol–water partition coefficient (Wildman–Crippen LogP) is 2.87. The molecule has 1 heterocycles. The van der Waals surface area contributed by atoms with Gasteiger partial charge in [-0.1, -0.05) is 19.1 Å². The molecule has 1 aromatic carbocycles. The Hall–Kier alpha value is -1.15. The van der Waals surface area contributed by atoms with E-state index in [9.17, 15) is 4.79 Å². The highest BCUT2D eigenvalue weighted by molar-refractivity contribution is 5.99. The second-order valence-corrected chi connectivity index (χ2v) is 5.82. The number of fused-ring (bicyclic) bond motifs is 3. The van der Waals surface area contributed by atoms with Crippen molar-refractivity contribution in [2.45, 2.75) is 32.1 Å². The lowest BCUT2D eigenvalue weighted by Crippen LogP contribution is -2.40. The van der Waals surface area contributed by atoms with Gasteiger partial charge < -0.3 is 4.90 Å². The molecule has 3 rings (SSSR count). The van der Waals surface area contributed by atoms with E-state index >= 15 is 0 Å². The zero-order chi connectivity index (χ0) is 12.7. The highest BCUT2D eigenvalue weighted by Crippen LogP contribution is 2.41. The molecular weight excluding hydrogens is 222 g/mol. The summed E-state index contributed by atoms with van der Waals surface area (Å²) < 4.78 is 0. The van der Waals surface area contributed by atoms with E-state index < -0.39 is 0 Å². The van der Waals surface area contributed by atoms with Crippen LogP contribution in [0.4, 0.5) is 0 Å². The minimum absolute atomic E-state index is 0.367. The van der Waals surface area contributed by atoms with Crippen LogP contribution < -0.4 is 0 Å². The van der Waals surface area contributed by atoms with Crippen LogP contribution in [0.2, 0.25) is 0 Å². The fourth-order valence-electron chi connectivity index (χ4n) is 3.50. The first-order chi connectivity index (χ1) is 8.69. The van der Waals surface area contributed by atoms with Crippen LogP contribution >= 0.6 is 0 Å². The van der Waals surface area contributed by atoms with E-state index in [4.69, 9.17) is 0 Å². The fraction of sp³-hybridized carbons (Fsp3) is 0.562. The smallest absolute Gasteiger partial charge is 0.163 e. The van der Waals surface area contributed by atoms with Crippen LogP contribution in [0.1, 0.15) is 47.2 Å². The Labute approximate surface area is 109 Å². The van der Waals surface area contributed by atoms with Gasteiger partial charge in [-0.3, -0.25) is 4.79 Å². The summed E-state index contributed by atoms with van der Waals surface area (Å²) in [5.41, 5.74) is 3.59. The first-order valence-electron chi connectivity index (χ1n) is 7.03. The van der Waals surface area contributed by atoms with Crippen molar-refractivity contribution in [3.05, 3.63) is 34.9 Å². The molecule has 0 N–H and O–H groups in total. The Balaban J connectivity index is 2.02. The standard InChI is InChI=1S/C16H21NO/c1-3-11-4-5-13-14(8-11)16(18)9-12-6-7-17(2)10-15(12)13/h4-5,8,12,15H,3,6-7,9-10H2,1-2H3. The average molecular weight is 243 g/mol. The molecule has 1 fully saturated rings. The summed E-state index contributed by atoms with van der Waals surface area (Å²) in [5, 5.41) is 0. The van der Waals surface area contributed by atoms with Crippen molar-refractivity contribution in [3.63, 3.8) is 0 Å². The maximum absolute atomic E-state index is 12.3. The summed E-state index contributed by atoms with van der Waals surface area (Å²) in [6.45, 7) is 4.39. The molecule has 1 aromatic rings. The Kier molecular flexibility index (Phi) is 2.98. The van der Waals surface area contributed by atoms with Crippen molar-refractivity contribution < 1.29 is 4.79 Å². The zero-order valence-corrected chi connectivity index (χ0v) is 11.3. The van der Waals surface area contributed by atoms with Gasteiger partial charge in [0.2, 0.25) is 0 Å². The average Bonchev–Trinajstić information content (AvgIpc) is 2.39. The minimum atomic E-state index is 0.367. The van der Waals surface area contributed by atoms with Gasteiger partial charge in [0, 0.05) is 24.4 Å². The molecule has 2 unspecified atom stereocenters. The van der Waals surface area contributed by atoms with E-state index in [-0.39, 0.29) is 0 Å². The number of rotatable bonds is 1. The van der Waals surface area contributed by atoms with Gasteiger partial charge in [-0.05, 0) is 49.5 Å². The van der Waals surface area contributed by atoms with Crippen molar-refractivity contribution in [2.24, 2.45) is 5.92 Å². The van der Waals surface area contributed by atoms with Crippen LogP contribution in [-0.4, -0.2) is 30.8 Å². The van der Waals surface area contributed by atoms with Crippen LogP contribution in [0.15, 0.2) is 18.2 Å². The lowest BCUT2D eigenvalue weighted by molar-refractivity contribution is 0.0887. The Morgan fingerprint density at radius 2 is 2.22 bits per heavy atom. The monoisotopic (exact) mass is 243 g/mol. The third-order valence-electron chi connectivity index (χ3n) is 4.63. The number of ketones is 1. The first kappa shape index (κ1) is 11.9. The molecule has 0 spiro atoms. The molecule has 1 aliphatic carbocycles. The molecule has 1 aliphatic heterocycles. The van der Waals surface area contributed by atoms with Crippen molar-refractivity contribution in [1.82, 2.24) is 4.90 Å². The van der Waals surface area contributed by atoms with Gasteiger partial charge in [-0.25, -0.2) is 0 Å². The summed E-state index contributed by atoms with van der Waals surface area (Å²) in [4.78, 5) is 14.7. The number of likely N-dealkylation sites (tertiary alicyclic amines) is 1. The molecule has 2 atom stereocenters. The van der Waals surface area contributed by atoms with E-state index in [1.807, 2.05) is 0 Å². The number of likely N-dealkylation sites (N-methyl/N-ethyl adjacent to an activating group) is 1. The van der Waals surface area contributed by atoms with E-state index in [0.29, 0.717) is 17.6 Å². The van der Waals surface area contributed by atoms with Crippen LogP contribution in [0.25, 0.3) is 0 Å². The maximum Gasteiger partial charge on any atom is 0.163 e. The van der Waals surface area contributed by atoms with Crippen molar-refractivity contribution >= 4 is 5.78 Å². The van der Waals surface area contributed by atoms with Crippen molar-refractivity contribution in [3.8, 4) is 0 Å². The molecule has 2 aliphatic rings. The summed E-state index contributed by atoms with van der Waals surface area (Å²) in [7, 11) is 2.19. The number of aryl methyl sites for hydroxylation is 1. The van der Waals surface area contributed by atoms with E-state index in [1.54, 1.807) is 0 Å². The quantitative estimate of drug-likeness (QED) is 0.756. The van der Waals surface area contributed by atoms with E-state index in [0.717, 1.165) is 31.5 Å². The number of benzene rings is 1. The normalized spacial score (nSPS) is 27.8. The first-order valence-corrected chi connectivity index (χ1v) is 7.03. The molecule has 96 valence electrons. The SMILES string of the molecule is CCc1ccc2c(c1)C(=O)CC1CCN(C)CC21. The van der Waals surface area contributed by atoms with Gasteiger partial charge in [0.25, 0.3) is 0 Å². The number of hydrogen-bond acceptors (Lipinski definition) is 2. The lowest BCUT2D eigenvalue weighted by Gasteiger charge is -2.40. The topological polar surface area (TPSA) is 20.3 Å². The van der Waals surface area contributed by atoms with Crippen LogP contribution in [0.5, 0.6) is 0 Å². The lowest BCUT2D eigenvalue weighted by atomic mass is 9.71. The second-order valence-electron chi connectivity index (χ2n) is 5.82. The minimum Gasteiger partial charge on any atom is -0.306 e. The summed E-state index contributed by atoms with van der Waals surface area (Å²) in [5.74, 6) is 1.52. The summed E-state index contributed by atoms with van der Waals surface area (Å²) >= 11 is 0. The highest BCUT2D eigenvalue weighted by Gasteiger charge is 2.36. The third kappa shape index (κ3) is 1.89. The molecular formula is C16H21NO. The van der Waals surface area contributed by atoms with Gasteiger partial charge in [0.05, 0.1) is 0 Å². The van der Waals surface area contributed by atoms with Crippen molar-refractivity contribution in [2.75, 3.05) is 20.1 Å². The summed E-state index contributed by atoms with van der Waals surface area (Å²) in [6, 6.07) is 6.54. The van der Waals surface area contributed by atoms with Gasteiger partial charge in [-0.2, -0.15) is 0 Å².